The molecule has 1 spiro atoms. The molecule has 3 fully saturated rings. The summed E-state index contributed by atoms with van der Waals surface area (Å²) in [6.45, 7) is 9.08. The minimum absolute atomic E-state index is 0.170. The molecular weight excluding hydrogens is 430 g/mol. The van der Waals surface area contributed by atoms with E-state index in [0.717, 1.165) is 56.3 Å². The molecule has 31 heavy (non-hydrogen) atoms. The van der Waals surface area contributed by atoms with E-state index >= 15 is 0 Å². The third kappa shape index (κ3) is 4.13. The molecule has 1 aromatic carbocycles. The Morgan fingerprint density at radius 2 is 1.65 bits per heavy atom. The molecule has 6 nitrogen and oxygen atoms in total. The SMILES string of the molecule is C=CC(=O)N1C(=Nc2ccc(S(=O)(=O)N3CCCCC3)cc2)SC(=C)C12CCCCC2. The summed E-state index contributed by atoms with van der Waals surface area (Å²) in [7, 11) is -3.48. The lowest BCUT2D eigenvalue weighted by Crippen LogP contribution is -2.50. The highest BCUT2D eigenvalue weighted by molar-refractivity contribution is 8.17. The van der Waals surface area contributed by atoms with Crippen LogP contribution in [0.15, 0.2) is 58.3 Å². The van der Waals surface area contributed by atoms with Gasteiger partial charge in [0.1, 0.15) is 0 Å². The summed E-state index contributed by atoms with van der Waals surface area (Å²) in [6.07, 6.45) is 9.24. The van der Waals surface area contributed by atoms with Crippen LogP contribution in [0.5, 0.6) is 0 Å². The van der Waals surface area contributed by atoms with Gasteiger partial charge in [-0.25, -0.2) is 13.4 Å². The van der Waals surface area contributed by atoms with Crippen LogP contribution in [0.1, 0.15) is 51.4 Å². The van der Waals surface area contributed by atoms with E-state index in [2.05, 4.69) is 13.2 Å². The molecule has 1 saturated carbocycles. The van der Waals surface area contributed by atoms with Crippen molar-refractivity contribution in [1.82, 2.24) is 9.21 Å². The van der Waals surface area contributed by atoms with Crippen molar-refractivity contribution < 1.29 is 13.2 Å². The van der Waals surface area contributed by atoms with E-state index in [1.165, 1.54) is 17.8 Å². The molecule has 2 aliphatic heterocycles. The highest BCUT2D eigenvalue weighted by atomic mass is 32.2. The van der Waals surface area contributed by atoms with Gasteiger partial charge in [0.25, 0.3) is 5.91 Å². The summed E-state index contributed by atoms with van der Waals surface area (Å²) in [5.41, 5.74) is 0.215. The van der Waals surface area contributed by atoms with E-state index in [1.54, 1.807) is 33.5 Å². The van der Waals surface area contributed by atoms with Crippen molar-refractivity contribution in [3.05, 3.63) is 48.4 Å². The van der Waals surface area contributed by atoms with Gasteiger partial charge in [0.2, 0.25) is 10.0 Å². The predicted octanol–water partition coefficient (Wildman–Crippen LogP) is 4.83. The Morgan fingerprint density at radius 1 is 1.03 bits per heavy atom. The van der Waals surface area contributed by atoms with Crippen molar-refractivity contribution in [3.8, 4) is 0 Å². The second-order valence-electron chi connectivity index (χ2n) is 8.35. The quantitative estimate of drug-likeness (QED) is 0.605. The third-order valence-corrected chi connectivity index (χ3v) is 9.44. The monoisotopic (exact) mass is 459 g/mol. The Morgan fingerprint density at radius 3 is 2.26 bits per heavy atom. The van der Waals surface area contributed by atoms with E-state index in [0.29, 0.717) is 23.9 Å². The summed E-state index contributed by atoms with van der Waals surface area (Å²) in [5.74, 6) is -0.170. The highest BCUT2D eigenvalue weighted by Gasteiger charge is 2.50. The molecular formula is C23H29N3O3S2. The van der Waals surface area contributed by atoms with Crippen molar-refractivity contribution in [3.63, 3.8) is 0 Å². The van der Waals surface area contributed by atoms with Crippen LogP contribution in [0.2, 0.25) is 0 Å². The molecule has 0 unspecified atom stereocenters. The largest absolute Gasteiger partial charge is 0.276 e. The number of amides is 1. The van der Waals surface area contributed by atoms with Gasteiger partial charge in [-0.2, -0.15) is 4.31 Å². The first-order valence-corrected chi connectivity index (χ1v) is 13.2. The standard InChI is InChI=1S/C23H29N3O3S2/c1-3-21(27)26-22(30-18(2)23(26)14-6-4-7-15-23)24-19-10-12-20(13-11-19)31(28,29)25-16-8-5-9-17-25/h3,10-13H,1-2,4-9,14-17H2. The molecule has 3 aliphatic rings. The van der Waals surface area contributed by atoms with Crippen LogP contribution in [-0.2, 0) is 14.8 Å². The average molecular weight is 460 g/mol. The molecule has 8 heteroatoms. The van der Waals surface area contributed by atoms with Gasteiger partial charge >= 0.3 is 0 Å². The zero-order valence-electron chi connectivity index (χ0n) is 17.8. The summed E-state index contributed by atoms with van der Waals surface area (Å²) in [4.78, 5) is 20.5. The molecule has 0 atom stereocenters. The van der Waals surface area contributed by atoms with Crippen LogP contribution >= 0.6 is 11.8 Å². The Kier molecular flexibility index (Phi) is 6.42. The van der Waals surface area contributed by atoms with Gasteiger partial charge in [0.05, 0.1) is 16.1 Å². The van der Waals surface area contributed by atoms with E-state index in [1.807, 2.05) is 0 Å². The van der Waals surface area contributed by atoms with E-state index in [9.17, 15) is 13.2 Å². The zero-order chi connectivity index (χ0) is 22.1. The number of aliphatic imine (C=N–C) groups is 1. The third-order valence-electron chi connectivity index (χ3n) is 6.44. The van der Waals surface area contributed by atoms with E-state index in [-0.39, 0.29) is 10.8 Å². The van der Waals surface area contributed by atoms with Crippen molar-refractivity contribution in [2.75, 3.05) is 13.1 Å². The lowest BCUT2D eigenvalue weighted by molar-refractivity contribution is -0.126. The molecule has 2 heterocycles. The summed E-state index contributed by atoms with van der Waals surface area (Å²) >= 11 is 1.44. The molecule has 1 aromatic rings. The number of rotatable bonds is 4. The van der Waals surface area contributed by atoms with Crippen molar-refractivity contribution in [2.24, 2.45) is 4.99 Å². The summed E-state index contributed by atoms with van der Waals surface area (Å²) in [6, 6.07) is 6.62. The molecule has 166 valence electrons. The van der Waals surface area contributed by atoms with Crippen LogP contribution in [-0.4, -0.2) is 47.3 Å². The molecule has 2 saturated heterocycles. The zero-order valence-corrected chi connectivity index (χ0v) is 19.4. The fourth-order valence-corrected chi connectivity index (χ4v) is 7.45. The van der Waals surface area contributed by atoms with Gasteiger partial charge in [0, 0.05) is 18.0 Å². The molecule has 0 N–H and O–H groups in total. The Labute approximate surface area is 189 Å². The van der Waals surface area contributed by atoms with Gasteiger partial charge < -0.3 is 0 Å². The molecule has 0 radical (unpaired) electrons. The topological polar surface area (TPSA) is 70.0 Å². The van der Waals surface area contributed by atoms with Gasteiger partial charge in [-0.05, 0) is 56.0 Å². The summed E-state index contributed by atoms with van der Waals surface area (Å²) in [5, 5.41) is 0.587. The molecule has 1 aliphatic carbocycles. The van der Waals surface area contributed by atoms with Crippen LogP contribution in [0.25, 0.3) is 0 Å². The molecule has 4 rings (SSSR count). The molecule has 0 bridgehead atoms. The first-order valence-electron chi connectivity index (χ1n) is 10.9. The van der Waals surface area contributed by atoms with Crippen molar-refractivity contribution >= 4 is 38.5 Å². The van der Waals surface area contributed by atoms with Gasteiger partial charge in [0.15, 0.2) is 5.17 Å². The van der Waals surface area contributed by atoms with Gasteiger partial charge in [-0.1, -0.05) is 50.6 Å². The van der Waals surface area contributed by atoms with Crippen molar-refractivity contribution in [1.29, 1.82) is 0 Å². The number of sulfonamides is 1. The van der Waals surface area contributed by atoms with Gasteiger partial charge in [-0.15, -0.1) is 0 Å². The molecule has 1 amide bonds. The van der Waals surface area contributed by atoms with Crippen molar-refractivity contribution in [2.45, 2.75) is 61.8 Å². The number of carbonyl (C=O) groups excluding carboxylic acids is 1. The minimum atomic E-state index is -3.48. The number of nitrogens with zero attached hydrogens (tertiary/aromatic N) is 3. The smallest absolute Gasteiger partial charge is 0.252 e. The van der Waals surface area contributed by atoms with E-state index in [4.69, 9.17) is 4.99 Å². The fraction of sp³-hybridized carbons (Fsp3) is 0.478. The summed E-state index contributed by atoms with van der Waals surface area (Å²) < 4.78 is 27.3. The second-order valence-corrected chi connectivity index (χ2v) is 11.3. The van der Waals surface area contributed by atoms with Gasteiger partial charge in [-0.3, -0.25) is 9.69 Å². The van der Waals surface area contributed by atoms with Crippen LogP contribution in [0.4, 0.5) is 5.69 Å². The number of thioether (sulfide) groups is 1. The number of piperidine rings is 1. The lowest BCUT2D eigenvalue weighted by atomic mass is 9.80. The number of hydrogen-bond donors (Lipinski definition) is 0. The fourth-order valence-electron chi connectivity index (χ4n) is 4.72. The van der Waals surface area contributed by atoms with Crippen LogP contribution in [0, 0.1) is 0 Å². The van der Waals surface area contributed by atoms with Crippen LogP contribution in [0.3, 0.4) is 0 Å². The lowest BCUT2D eigenvalue weighted by Gasteiger charge is -2.40. The number of amidine groups is 1. The maximum Gasteiger partial charge on any atom is 0.252 e. The first-order chi connectivity index (χ1) is 14.9. The second kappa shape index (κ2) is 8.92. The first kappa shape index (κ1) is 22.3. The van der Waals surface area contributed by atoms with Crippen LogP contribution < -0.4 is 0 Å². The molecule has 0 aromatic heterocycles. The predicted molar refractivity (Wildman–Crippen MR) is 126 cm³/mol. The Bertz CT molecular complexity index is 1000. The number of hydrogen-bond acceptors (Lipinski definition) is 5. The maximum atomic E-state index is 12.9. The van der Waals surface area contributed by atoms with E-state index < -0.39 is 15.6 Å². The highest BCUT2D eigenvalue weighted by Crippen LogP contribution is 2.51. The number of benzene rings is 1. The normalized spacial score (nSPS) is 23.4. The Balaban J connectivity index is 1.62. The Hall–Kier alpha value is -1.90. The maximum absolute atomic E-state index is 12.9. The number of carbonyl (C=O) groups is 1. The minimum Gasteiger partial charge on any atom is -0.276 e. The average Bonchev–Trinajstić information content (AvgIpc) is 3.05.